The molecule has 1 aliphatic heterocycles. The van der Waals surface area contributed by atoms with Crippen LogP contribution in [0.2, 0.25) is 0 Å². The molecule has 0 atom stereocenters. The predicted octanol–water partition coefficient (Wildman–Crippen LogP) is 2.85. The molecule has 0 spiro atoms. The van der Waals surface area contributed by atoms with Crippen LogP contribution in [0, 0.1) is 12.8 Å². The van der Waals surface area contributed by atoms with Crippen molar-refractivity contribution in [1.29, 1.82) is 0 Å². The molecular weight excluding hydrogens is 378 g/mol. The Morgan fingerprint density at radius 3 is 2.81 bits per heavy atom. The van der Waals surface area contributed by atoms with E-state index in [1.54, 1.807) is 22.7 Å². The van der Waals surface area contributed by atoms with Gasteiger partial charge in [0, 0.05) is 24.9 Å². The Balaban J connectivity index is 1.34. The van der Waals surface area contributed by atoms with Crippen molar-refractivity contribution in [3.63, 3.8) is 0 Å². The topological polar surface area (TPSA) is 62.5 Å². The Morgan fingerprint density at radius 1 is 1.33 bits per heavy atom. The molecule has 1 fully saturated rings. The van der Waals surface area contributed by atoms with E-state index >= 15 is 0 Å². The molecule has 1 aliphatic rings. The summed E-state index contributed by atoms with van der Waals surface area (Å²) in [5, 5.41) is 7.60. The Kier molecular flexibility index (Phi) is 5.38. The van der Waals surface area contributed by atoms with E-state index in [0.29, 0.717) is 0 Å². The van der Waals surface area contributed by atoms with Gasteiger partial charge in [-0.05, 0) is 45.0 Å². The van der Waals surface area contributed by atoms with Gasteiger partial charge in [-0.25, -0.2) is 10.4 Å². The number of para-hydroxylation sites is 1. The zero-order valence-corrected chi connectivity index (χ0v) is 17.1. The minimum Gasteiger partial charge on any atom is -0.318 e. The molecule has 142 valence electrons. The van der Waals surface area contributed by atoms with Crippen LogP contribution >= 0.6 is 22.7 Å². The highest BCUT2D eigenvalue weighted by Gasteiger charge is 2.25. The van der Waals surface area contributed by atoms with Gasteiger partial charge in [-0.1, -0.05) is 23.5 Å². The van der Waals surface area contributed by atoms with Gasteiger partial charge in [0.25, 0.3) is 0 Å². The van der Waals surface area contributed by atoms with Gasteiger partial charge < -0.3 is 4.57 Å². The van der Waals surface area contributed by atoms with Gasteiger partial charge in [-0.2, -0.15) is 0 Å². The maximum atomic E-state index is 12.5. The number of fused-ring (bicyclic) bond motifs is 1. The maximum absolute atomic E-state index is 12.5. The summed E-state index contributed by atoms with van der Waals surface area (Å²) >= 11 is 3.27. The van der Waals surface area contributed by atoms with Crippen molar-refractivity contribution in [1.82, 2.24) is 19.9 Å². The number of nitrogens with one attached hydrogen (secondary N) is 1. The number of piperidine rings is 1. The Bertz CT molecular complexity index is 1010. The number of rotatable bonds is 4. The number of thiazole rings is 2. The van der Waals surface area contributed by atoms with Crippen molar-refractivity contribution in [2.75, 3.05) is 13.1 Å². The van der Waals surface area contributed by atoms with E-state index in [2.05, 4.69) is 37.9 Å². The van der Waals surface area contributed by atoms with Gasteiger partial charge in [0.05, 0.1) is 20.9 Å². The minimum absolute atomic E-state index is 0.0246. The second-order valence-electron chi connectivity index (χ2n) is 6.91. The fourth-order valence-corrected chi connectivity index (χ4v) is 5.03. The lowest BCUT2D eigenvalue weighted by molar-refractivity contribution is -0.126. The summed E-state index contributed by atoms with van der Waals surface area (Å²) in [5.41, 5.74) is 5.04. The molecule has 0 aliphatic carbocycles. The standard InChI is InChI=1S/C19H23N5OS2/c1-13-20-15(12-26-13)11-24-9-7-14(8-10-24)18(25)21-22-19-23(2)16-5-3-4-6-17(16)27-19/h3-6,12,14H,7-11H2,1-2H3,(H,21,25)/b22-19+. The molecule has 0 saturated carbocycles. The average Bonchev–Trinajstić information content (AvgIpc) is 3.23. The predicted molar refractivity (Wildman–Crippen MR) is 109 cm³/mol. The van der Waals surface area contributed by atoms with Crippen LogP contribution in [0.4, 0.5) is 0 Å². The van der Waals surface area contributed by atoms with Gasteiger partial charge in [-0.3, -0.25) is 9.69 Å². The second-order valence-corrected chi connectivity index (χ2v) is 8.98. The van der Waals surface area contributed by atoms with Crippen LogP contribution in [-0.4, -0.2) is 33.4 Å². The summed E-state index contributed by atoms with van der Waals surface area (Å²) in [7, 11) is 1.97. The number of aromatic nitrogens is 2. The molecule has 1 N–H and O–H groups in total. The smallest absolute Gasteiger partial charge is 0.243 e. The van der Waals surface area contributed by atoms with Crippen LogP contribution in [0.25, 0.3) is 10.2 Å². The summed E-state index contributed by atoms with van der Waals surface area (Å²) < 4.78 is 3.18. The largest absolute Gasteiger partial charge is 0.318 e. The van der Waals surface area contributed by atoms with Gasteiger partial charge in [0.2, 0.25) is 10.7 Å². The van der Waals surface area contributed by atoms with Crippen LogP contribution in [0.5, 0.6) is 0 Å². The van der Waals surface area contributed by atoms with Gasteiger partial charge in [0.15, 0.2) is 0 Å². The molecule has 3 heterocycles. The Morgan fingerprint density at radius 2 is 2.11 bits per heavy atom. The molecule has 0 bridgehead atoms. The SMILES string of the molecule is Cc1nc(CN2CCC(C(=O)N/N=c3/sc4ccccc4n3C)CC2)cs1. The third-order valence-electron chi connectivity index (χ3n) is 4.99. The highest BCUT2D eigenvalue weighted by Crippen LogP contribution is 2.20. The molecule has 27 heavy (non-hydrogen) atoms. The van der Waals surface area contributed by atoms with Crippen molar-refractivity contribution >= 4 is 38.8 Å². The molecule has 3 aromatic rings. The fourth-order valence-electron chi connectivity index (χ4n) is 3.45. The lowest BCUT2D eigenvalue weighted by Crippen LogP contribution is -2.39. The van der Waals surface area contributed by atoms with E-state index in [0.717, 1.165) is 53.5 Å². The van der Waals surface area contributed by atoms with Crippen molar-refractivity contribution < 1.29 is 4.79 Å². The molecule has 0 unspecified atom stereocenters. The molecular formula is C19H23N5OS2. The number of hydrogen-bond donors (Lipinski definition) is 1. The first-order valence-electron chi connectivity index (χ1n) is 9.11. The number of aryl methyl sites for hydroxylation is 2. The third-order valence-corrected chi connectivity index (χ3v) is 6.92. The molecule has 6 nitrogen and oxygen atoms in total. The molecule has 0 radical (unpaired) electrons. The number of amides is 1. The summed E-state index contributed by atoms with van der Waals surface area (Å²) in [5.74, 6) is 0.0541. The van der Waals surface area contributed by atoms with Gasteiger partial charge in [-0.15, -0.1) is 16.4 Å². The number of carbonyl (C=O) groups excluding carboxylic acids is 1. The number of hydrogen-bond acceptors (Lipinski definition) is 6. The van der Waals surface area contributed by atoms with E-state index in [9.17, 15) is 4.79 Å². The third kappa shape index (κ3) is 4.12. The Hall–Kier alpha value is -2.03. The molecule has 1 amide bonds. The summed E-state index contributed by atoms with van der Waals surface area (Å²) in [6.07, 6.45) is 1.73. The van der Waals surface area contributed by atoms with Crippen molar-refractivity contribution in [2.45, 2.75) is 26.3 Å². The summed E-state index contributed by atoms with van der Waals surface area (Å²) in [6.45, 7) is 4.75. The van der Waals surface area contributed by atoms with E-state index in [1.807, 2.05) is 30.7 Å². The normalized spacial score (nSPS) is 16.9. The van der Waals surface area contributed by atoms with Crippen LogP contribution in [0.3, 0.4) is 0 Å². The first-order valence-corrected chi connectivity index (χ1v) is 10.8. The zero-order valence-electron chi connectivity index (χ0n) is 15.5. The fraction of sp³-hybridized carbons (Fsp3) is 0.421. The lowest BCUT2D eigenvalue weighted by Gasteiger charge is -2.30. The van der Waals surface area contributed by atoms with Crippen molar-refractivity contribution in [3.05, 3.63) is 45.1 Å². The maximum Gasteiger partial charge on any atom is 0.243 e. The first kappa shape index (κ1) is 18.3. The van der Waals surface area contributed by atoms with Gasteiger partial charge in [0.1, 0.15) is 0 Å². The van der Waals surface area contributed by atoms with Crippen LogP contribution < -0.4 is 10.2 Å². The molecule has 8 heteroatoms. The number of nitrogens with zero attached hydrogens (tertiary/aromatic N) is 4. The van der Waals surface area contributed by atoms with Crippen LogP contribution in [0.1, 0.15) is 23.5 Å². The van der Waals surface area contributed by atoms with Crippen LogP contribution in [-0.2, 0) is 18.4 Å². The van der Waals surface area contributed by atoms with Crippen molar-refractivity contribution in [2.24, 2.45) is 18.1 Å². The second kappa shape index (κ2) is 7.92. The molecule has 4 rings (SSSR count). The summed E-state index contributed by atoms with van der Waals surface area (Å²) in [4.78, 5) is 20.2. The van der Waals surface area contributed by atoms with E-state index in [-0.39, 0.29) is 11.8 Å². The van der Waals surface area contributed by atoms with E-state index in [4.69, 9.17) is 0 Å². The van der Waals surface area contributed by atoms with E-state index < -0.39 is 0 Å². The minimum atomic E-state index is 0.0246. The monoisotopic (exact) mass is 401 g/mol. The number of benzene rings is 1. The summed E-state index contributed by atoms with van der Waals surface area (Å²) in [6, 6.07) is 8.16. The first-order chi connectivity index (χ1) is 13.1. The van der Waals surface area contributed by atoms with Crippen LogP contribution in [0.15, 0.2) is 34.7 Å². The average molecular weight is 402 g/mol. The number of likely N-dealkylation sites (tertiary alicyclic amines) is 1. The highest BCUT2D eigenvalue weighted by molar-refractivity contribution is 7.16. The van der Waals surface area contributed by atoms with E-state index in [1.165, 1.54) is 4.70 Å². The zero-order chi connectivity index (χ0) is 18.8. The molecule has 1 saturated heterocycles. The quantitative estimate of drug-likeness (QED) is 0.684. The van der Waals surface area contributed by atoms with Crippen molar-refractivity contribution in [3.8, 4) is 0 Å². The molecule has 1 aromatic carbocycles. The van der Waals surface area contributed by atoms with Gasteiger partial charge >= 0.3 is 0 Å². The Labute approximate surface area is 166 Å². The number of carbonyl (C=O) groups is 1. The lowest BCUT2D eigenvalue weighted by atomic mass is 9.96. The highest BCUT2D eigenvalue weighted by atomic mass is 32.1. The molecule has 2 aromatic heterocycles.